The summed E-state index contributed by atoms with van der Waals surface area (Å²) in [4.78, 5) is 22.7. The monoisotopic (exact) mass is 251 g/mol. The normalized spacial score (nSPS) is 13.8. The van der Waals surface area contributed by atoms with Crippen molar-refractivity contribution >= 4 is 11.9 Å². The second-order valence-corrected chi connectivity index (χ2v) is 4.41. The smallest absolute Gasteiger partial charge is 0.328 e. The minimum atomic E-state index is -1.31. The van der Waals surface area contributed by atoms with Gasteiger partial charge in [0.1, 0.15) is 0 Å². The number of benzene rings is 1. The van der Waals surface area contributed by atoms with Gasteiger partial charge in [-0.15, -0.1) is 0 Å². The van der Waals surface area contributed by atoms with Gasteiger partial charge in [-0.05, 0) is 32.9 Å². The molecule has 0 aliphatic heterocycles. The Kier molecular flexibility index (Phi) is 4.44. The van der Waals surface area contributed by atoms with Crippen LogP contribution in [0, 0.1) is 13.8 Å². The molecule has 0 heterocycles. The van der Waals surface area contributed by atoms with E-state index >= 15 is 0 Å². The number of carboxylic acid groups (broad SMARTS) is 1. The van der Waals surface area contributed by atoms with Gasteiger partial charge in [-0.25, -0.2) is 4.79 Å². The van der Waals surface area contributed by atoms with Gasteiger partial charge in [0, 0.05) is 5.56 Å². The van der Waals surface area contributed by atoms with Crippen LogP contribution in [0.15, 0.2) is 18.2 Å². The molecule has 98 valence electrons. The van der Waals surface area contributed by atoms with Crippen LogP contribution in [0.1, 0.15) is 28.4 Å². The van der Waals surface area contributed by atoms with Crippen molar-refractivity contribution in [3.05, 3.63) is 34.9 Å². The van der Waals surface area contributed by atoms with Crippen molar-refractivity contribution in [3.63, 3.8) is 0 Å². The molecule has 5 heteroatoms. The zero-order valence-corrected chi connectivity index (χ0v) is 10.6. The SMILES string of the molecule is Cc1cc(C)cc(C(=O)NC(C(=O)O)C(C)O)c1. The molecule has 0 spiro atoms. The van der Waals surface area contributed by atoms with Gasteiger partial charge in [-0.1, -0.05) is 17.2 Å². The van der Waals surface area contributed by atoms with Gasteiger partial charge in [-0.2, -0.15) is 0 Å². The molecular formula is C13H17NO4. The molecule has 1 aromatic rings. The largest absolute Gasteiger partial charge is 0.480 e. The summed E-state index contributed by atoms with van der Waals surface area (Å²) >= 11 is 0. The fourth-order valence-electron chi connectivity index (χ4n) is 1.72. The van der Waals surface area contributed by atoms with E-state index in [0.717, 1.165) is 11.1 Å². The lowest BCUT2D eigenvalue weighted by molar-refractivity contribution is -0.141. The van der Waals surface area contributed by atoms with Crippen LogP contribution < -0.4 is 5.32 Å². The first kappa shape index (κ1) is 14.2. The second kappa shape index (κ2) is 5.64. The number of nitrogens with one attached hydrogen (secondary N) is 1. The van der Waals surface area contributed by atoms with Crippen LogP contribution in [0.2, 0.25) is 0 Å². The van der Waals surface area contributed by atoms with E-state index in [1.54, 1.807) is 12.1 Å². The van der Waals surface area contributed by atoms with Crippen molar-refractivity contribution in [2.75, 3.05) is 0 Å². The topological polar surface area (TPSA) is 86.6 Å². The van der Waals surface area contributed by atoms with E-state index in [4.69, 9.17) is 5.11 Å². The van der Waals surface area contributed by atoms with E-state index < -0.39 is 24.0 Å². The zero-order chi connectivity index (χ0) is 13.9. The molecule has 0 saturated carbocycles. The van der Waals surface area contributed by atoms with Crippen LogP contribution in [-0.4, -0.2) is 34.2 Å². The number of aliphatic carboxylic acids is 1. The molecule has 0 saturated heterocycles. The Balaban J connectivity index is 2.90. The Bertz CT molecular complexity index is 448. The summed E-state index contributed by atoms with van der Waals surface area (Å²) in [6.45, 7) is 5.03. The molecule has 0 bridgehead atoms. The van der Waals surface area contributed by atoms with Gasteiger partial charge < -0.3 is 15.5 Å². The van der Waals surface area contributed by atoms with Crippen molar-refractivity contribution in [3.8, 4) is 0 Å². The number of hydrogen-bond acceptors (Lipinski definition) is 3. The molecule has 1 aromatic carbocycles. The van der Waals surface area contributed by atoms with E-state index in [9.17, 15) is 14.7 Å². The number of hydrogen-bond donors (Lipinski definition) is 3. The summed E-state index contributed by atoms with van der Waals surface area (Å²) in [6, 6.07) is 3.95. The number of carbonyl (C=O) groups is 2. The Morgan fingerprint density at radius 2 is 1.67 bits per heavy atom. The van der Waals surface area contributed by atoms with Crippen LogP contribution in [0.3, 0.4) is 0 Å². The van der Waals surface area contributed by atoms with Crippen molar-refractivity contribution in [1.82, 2.24) is 5.32 Å². The van der Waals surface area contributed by atoms with Crippen molar-refractivity contribution in [2.24, 2.45) is 0 Å². The van der Waals surface area contributed by atoms with Crippen molar-refractivity contribution < 1.29 is 19.8 Å². The number of amides is 1. The summed E-state index contributed by atoms with van der Waals surface area (Å²) in [5.74, 6) is -1.77. The summed E-state index contributed by atoms with van der Waals surface area (Å²) in [5.41, 5.74) is 2.23. The summed E-state index contributed by atoms with van der Waals surface area (Å²) in [5, 5.41) is 20.5. The minimum absolute atomic E-state index is 0.388. The number of carboxylic acids is 1. The Morgan fingerprint density at radius 1 is 1.17 bits per heavy atom. The van der Waals surface area contributed by atoms with Crippen LogP contribution in [0.25, 0.3) is 0 Å². The number of aliphatic hydroxyl groups is 1. The molecule has 0 aromatic heterocycles. The maximum atomic E-state index is 11.9. The Hall–Kier alpha value is -1.88. The highest BCUT2D eigenvalue weighted by Crippen LogP contribution is 2.09. The lowest BCUT2D eigenvalue weighted by Crippen LogP contribution is -2.47. The van der Waals surface area contributed by atoms with Gasteiger partial charge in [0.2, 0.25) is 0 Å². The van der Waals surface area contributed by atoms with Crippen LogP contribution in [-0.2, 0) is 4.79 Å². The molecule has 0 aliphatic rings. The predicted molar refractivity (Wildman–Crippen MR) is 66.5 cm³/mol. The molecule has 1 rings (SSSR count). The summed E-state index contributed by atoms with van der Waals surface area (Å²) < 4.78 is 0. The van der Waals surface area contributed by atoms with E-state index in [1.165, 1.54) is 6.92 Å². The fraction of sp³-hybridized carbons (Fsp3) is 0.385. The quantitative estimate of drug-likeness (QED) is 0.741. The van der Waals surface area contributed by atoms with Crippen LogP contribution in [0.4, 0.5) is 0 Å². The summed E-state index contributed by atoms with van der Waals surface area (Å²) in [7, 11) is 0. The maximum absolute atomic E-state index is 11.9. The number of rotatable bonds is 4. The molecule has 2 atom stereocenters. The van der Waals surface area contributed by atoms with Crippen LogP contribution in [0.5, 0.6) is 0 Å². The molecular weight excluding hydrogens is 234 g/mol. The van der Waals surface area contributed by atoms with Gasteiger partial charge in [0.15, 0.2) is 6.04 Å². The van der Waals surface area contributed by atoms with Gasteiger partial charge in [0.25, 0.3) is 5.91 Å². The Labute approximate surface area is 105 Å². The first-order chi connectivity index (χ1) is 8.31. The fourth-order valence-corrected chi connectivity index (χ4v) is 1.72. The highest BCUT2D eigenvalue weighted by Gasteiger charge is 2.25. The first-order valence-corrected chi connectivity index (χ1v) is 5.61. The van der Waals surface area contributed by atoms with E-state index in [-0.39, 0.29) is 0 Å². The molecule has 3 N–H and O–H groups in total. The standard InChI is InChI=1S/C13H17NO4/c1-7-4-8(2)6-10(5-7)12(16)14-11(9(3)15)13(17)18/h4-6,9,11,15H,1-3H3,(H,14,16)(H,17,18). The van der Waals surface area contributed by atoms with E-state index in [0.29, 0.717) is 5.56 Å². The van der Waals surface area contributed by atoms with Gasteiger partial charge in [0.05, 0.1) is 6.10 Å². The van der Waals surface area contributed by atoms with Gasteiger partial charge in [-0.3, -0.25) is 4.79 Å². The highest BCUT2D eigenvalue weighted by molar-refractivity contribution is 5.97. The molecule has 5 nitrogen and oxygen atoms in total. The molecule has 18 heavy (non-hydrogen) atoms. The third-order valence-corrected chi connectivity index (χ3v) is 2.52. The lowest BCUT2D eigenvalue weighted by Gasteiger charge is -2.17. The van der Waals surface area contributed by atoms with E-state index in [1.807, 2.05) is 19.9 Å². The lowest BCUT2D eigenvalue weighted by atomic mass is 10.1. The summed E-state index contributed by atoms with van der Waals surface area (Å²) in [6.07, 6.45) is -1.16. The third-order valence-electron chi connectivity index (χ3n) is 2.52. The first-order valence-electron chi connectivity index (χ1n) is 5.61. The molecule has 0 aliphatic carbocycles. The third kappa shape index (κ3) is 3.56. The maximum Gasteiger partial charge on any atom is 0.328 e. The second-order valence-electron chi connectivity index (χ2n) is 4.41. The molecule has 0 fully saturated rings. The minimum Gasteiger partial charge on any atom is -0.480 e. The molecule has 2 unspecified atom stereocenters. The molecule has 1 amide bonds. The van der Waals surface area contributed by atoms with Crippen molar-refractivity contribution in [1.29, 1.82) is 0 Å². The van der Waals surface area contributed by atoms with E-state index in [2.05, 4.69) is 5.32 Å². The molecule has 0 radical (unpaired) electrons. The van der Waals surface area contributed by atoms with Crippen molar-refractivity contribution in [2.45, 2.75) is 32.9 Å². The number of aryl methyl sites for hydroxylation is 2. The predicted octanol–water partition coefficient (Wildman–Crippen LogP) is 0.867. The average Bonchev–Trinajstić information content (AvgIpc) is 2.23. The average molecular weight is 251 g/mol. The van der Waals surface area contributed by atoms with Gasteiger partial charge >= 0.3 is 5.97 Å². The zero-order valence-electron chi connectivity index (χ0n) is 10.6. The van der Waals surface area contributed by atoms with Crippen LogP contribution >= 0.6 is 0 Å². The highest BCUT2D eigenvalue weighted by atomic mass is 16.4. The number of carbonyl (C=O) groups excluding carboxylic acids is 1. The Morgan fingerprint density at radius 3 is 2.06 bits per heavy atom. The number of aliphatic hydroxyl groups excluding tert-OH is 1.